The van der Waals surface area contributed by atoms with Crippen molar-refractivity contribution in [3.8, 4) is 0 Å². The number of aliphatic hydroxyl groups is 7. The van der Waals surface area contributed by atoms with Gasteiger partial charge in [-0.1, -0.05) is 141 Å². The molecule has 386 valence electrons. The minimum atomic E-state index is -1.77. The van der Waals surface area contributed by atoms with Crippen molar-refractivity contribution >= 4 is 11.9 Å². The molecule has 0 radical (unpaired) electrons. The topological polar surface area (TPSA) is 231 Å². The van der Waals surface area contributed by atoms with Crippen molar-refractivity contribution in [2.75, 3.05) is 26.4 Å². The van der Waals surface area contributed by atoms with Gasteiger partial charge in [-0.2, -0.15) is 0 Å². The summed E-state index contributed by atoms with van der Waals surface area (Å²) in [5, 5.41) is 72.0. The quantitative estimate of drug-likeness (QED) is 0.0184. The summed E-state index contributed by atoms with van der Waals surface area (Å²) in [5.74, 6) is -0.944. The summed E-state index contributed by atoms with van der Waals surface area (Å²) in [7, 11) is 0. The molecule has 0 bridgehead atoms. The Labute approximate surface area is 396 Å². The number of hydrogen-bond acceptors (Lipinski definition) is 15. The van der Waals surface area contributed by atoms with Crippen LogP contribution in [-0.2, 0) is 38.0 Å². The van der Waals surface area contributed by atoms with Crippen molar-refractivity contribution in [1.82, 2.24) is 0 Å². The summed E-state index contributed by atoms with van der Waals surface area (Å²) in [6.45, 7) is 2.56. The second-order valence-electron chi connectivity index (χ2n) is 18.3. The minimum Gasteiger partial charge on any atom is -0.462 e. The van der Waals surface area contributed by atoms with E-state index in [2.05, 4.69) is 38.2 Å². The van der Waals surface area contributed by atoms with E-state index >= 15 is 0 Å². The third-order valence-corrected chi connectivity index (χ3v) is 12.4. The van der Waals surface area contributed by atoms with Crippen LogP contribution in [0.5, 0.6) is 0 Å². The van der Waals surface area contributed by atoms with Crippen LogP contribution in [0.2, 0.25) is 0 Å². The molecular weight excluding hydrogens is 853 g/mol. The SMILES string of the molecule is CCCCCCCC/C=C/CCCCCCCCCC(=O)O[C@H](COC(=O)CCCCC/C=C/CCCCCCCC)CO[C@H]1O[C@@H](CO[C@H]2O[C@@H](CO)[C@@H](O)C(O)C2O)[C@@H](O)C(O)C1O. The molecule has 15 heteroatoms. The van der Waals surface area contributed by atoms with Crippen LogP contribution in [-0.4, -0.2) is 142 Å². The van der Waals surface area contributed by atoms with E-state index in [9.17, 15) is 45.3 Å². The normalized spacial score (nSPS) is 26.3. The monoisotopic (exact) mass is 945 g/mol. The average molecular weight is 945 g/mol. The number of rotatable bonds is 40. The molecule has 0 aliphatic carbocycles. The lowest BCUT2D eigenvalue weighted by Gasteiger charge is -2.42. The van der Waals surface area contributed by atoms with E-state index in [4.69, 9.17) is 28.4 Å². The smallest absolute Gasteiger partial charge is 0.306 e. The van der Waals surface area contributed by atoms with E-state index in [0.29, 0.717) is 12.8 Å². The molecule has 2 aliphatic heterocycles. The van der Waals surface area contributed by atoms with Crippen molar-refractivity contribution in [2.45, 2.75) is 261 Å². The minimum absolute atomic E-state index is 0.159. The Morgan fingerprint density at radius 1 is 0.470 bits per heavy atom. The van der Waals surface area contributed by atoms with Gasteiger partial charge in [-0.25, -0.2) is 0 Å². The van der Waals surface area contributed by atoms with Crippen molar-refractivity contribution in [2.24, 2.45) is 0 Å². The molecule has 7 N–H and O–H groups in total. The lowest BCUT2D eigenvalue weighted by Crippen LogP contribution is -2.61. The van der Waals surface area contributed by atoms with Gasteiger partial charge in [0.05, 0.1) is 19.8 Å². The number of hydrogen-bond donors (Lipinski definition) is 7. The first-order chi connectivity index (χ1) is 32.0. The zero-order valence-corrected chi connectivity index (χ0v) is 40.7. The number of esters is 2. The van der Waals surface area contributed by atoms with E-state index < -0.39 is 92.7 Å². The molecule has 0 amide bonds. The fourth-order valence-corrected chi connectivity index (χ4v) is 8.09. The summed E-state index contributed by atoms with van der Waals surface area (Å²) in [4.78, 5) is 25.7. The molecule has 2 aliphatic rings. The van der Waals surface area contributed by atoms with E-state index in [-0.39, 0.29) is 26.1 Å². The highest BCUT2D eigenvalue weighted by molar-refractivity contribution is 5.70. The van der Waals surface area contributed by atoms with E-state index in [1.165, 1.54) is 96.3 Å². The van der Waals surface area contributed by atoms with Gasteiger partial charge < -0.3 is 64.2 Å². The molecular formula is C51H92O15. The first-order valence-electron chi connectivity index (χ1n) is 25.9. The Bertz CT molecular complexity index is 1250. The Morgan fingerprint density at radius 2 is 0.864 bits per heavy atom. The Kier molecular flexibility index (Phi) is 35.3. The fraction of sp³-hybridized carbons (Fsp3) is 0.882. The van der Waals surface area contributed by atoms with Crippen LogP contribution in [0.15, 0.2) is 24.3 Å². The summed E-state index contributed by atoms with van der Waals surface area (Å²) in [6.07, 6.45) is 22.1. The van der Waals surface area contributed by atoms with Gasteiger partial charge in [0.25, 0.3) is 0 Å². The molecule has 2 fully saturated rings. The summed E-state index contributed by atoms with van der Waals surface area (Å²) in [6, 6.07) is 0. The van der Waals surface area contributed by atoms with Crippen LogP contribution in [0, 0.1) is 0 Å². The van der Waals surface area contributed by atoms with E-state index in [1.54, 1.807) is 0 Å². The van der Waals surface area contributed by atoms with E-state index in [1.807, 2.05) is 0 Å². The van der Waals surface area contributed by atoms with E-state index in [0.717, 1.165) is 57.8 Å². The molecule has 2 saturated heterocycles. The number of unbranched alkanes of at least 4 members (excludes halogenated alkanes) is 22. The molecule has 66 heavy (non-hydrogen) atoms. The maximum Gasteiger partial charge on any atom is 0.306 e. The third kappa shape index (κ3) is 26.7. The van der Waals surface area contributed by atoms with Crippen molar-refractivity contribution in [3.05, 3.63) is 24.3 Å². The Morgan fingerprint density at radius 3 is 1.35 bits per heavy atom. The molecule has 2 heterocycles. The van der Waals surface area contributed by atoms with Gasteiger partial charge in [-0.3, -0.25) is 9.59 Å². The van der Waals surface area contributed by atoms with Gasteiger partial charge in [-0.15, -0.1) is 0 Å². The molecule has 15 nitrogen and oxygen atoms in total. The molecule has 2 rings (SSSR count). The molecule has 0 aromatic heterocycles. The summed E-state index contributed by atoms with van der Waals surface area (Å²) in [5.41, 5.74) is 0. The van der Waals surface area contributed by atoms with Crippen LogP contribution in [0.1, 0.15) is 194 Å². The molecule has 11 atom stereocenters. The standard InChI is InChI=1S/C51H92O15/c1-3-5-7-9-11-13-15-17-18-19-20-22-24-26-28-30-32-34-43(54)64-39(36-61-42(53)33-31-29-27-25-23-21-16-14-12-10-8-6-4-2)37-62-50-49(60)47(58)45(56)41(66-50)38-63-51-48(59)46(57)44(55)40(35-52)65-51/h17-18,21,23,39-41,44-52,55-60H,3-16,19-20,22,24-38H2,1-2H3/b18-17+,23-21+/t39-,40+,41+,44-,45-,46?,47?,48?,49?,50+,51+/m1/s1. The number of aliphatic hydroxyl groups excluding tert-OH is 7. The van der Waals surface area contributed by atoms with Gasteiger partial charge in [0, 0.05) is 12.8 Å². The van der Waals surface area contributed by atoms with Crippen molar-refractivity contribution < 1.29 is 73.8 Å². The van der Waals surface area contributed by atoms with Crippen LogP contribution >= 0.6 is 0 Å². The van der Waals surface area contributed by atoms with Gasteiger partial charge in [0.15, 0.2) is 18.7 Å². The first-order valence-corrected chi connectivity index (χ1v) is 25.9. The number of carbonyl (C=O) groups is 2. The van der Waals surface area contributed by atoms with Gasteiger partial charge in [0.2, 0.25) is 0 Å². The summed E-state index contributed by atoms with van der Waals surface area (Å²) >= 11 is 0. The number of carbonyl (C=O) groups excluding carboxylic acids is 2. The second kappa shape index (κ2) is 38.8. The predicted octanol–water partition coefficient (Wildman–Crippen LogP) is 7.16. The van der Waals surface area contributed by atoms with Gasteiger partial charge in [0.1, 0.15) is 55.4 Å². The third-order valence-electron chi connectivity index (χ3n) is 12.4. The molecule has 0 saturated carbocycles. The van der Waals surface area contributed by atoms with Crippen molar-refractivity contribution in [1.29, 1.82) is 0 Å². The lowest BCUT2D eigenvalue weighted by molar-refractivity contribution is -0.332. The molecule has 0 aromatic rings. The Hall–Kier alpha value is -2.02. The van der Waals surface area contributed by atoms with Crippen LogP contribution in [0.25, 0.3) is 0 Å². The molecule has 0 aromatic carbocycles. The maximum absolute atomic E-state index is 13.0. The van der Waals surface area contributed by atoms with Gasteiger partial charge >= 0.3 is 11.9 Å². The van der Waals surface area contributed by atoms with Crippen LogP contribution in [0.4, 0.5) is 0 Å². The highest BCUT2D eigenvalue weighted by Gasteiger charge is 2.47. The highest BCUT2D eigenvalue weighted by Crippen LogP contribution is 2.26. The summed E-state index contributed by atoms with van der Waals surface area (Å²) < 4.78 is 33.5. The zero-order chi connectivity index (χ0) is 48.2. The highest BCUT2D eigenvalue weighted by atomic mass is 16.7. The zero-order valence-electron chi connectivity index (χ0n) is 40.7. The Balaban J connectivity index is 1.81. The predicted molar refractivity (Wildman–Crippen MR) is 252 cm³/mol. The fourth-order valence-electron chi connectivity index (χ4n) is 8.09. The average Bonchev–Trinajstić information content (AvgIpc) is 3.31. The second-order valence-corrected chi connectivity index (χ2v) is 18.3. The maximum atomic E-state index is 13.0. The molecule has 4 unspecified atom stereocenters. The van der Waals surface area contributed by atoms with Crippen molar-refractivity contribution in [3.63, 3.8) is 0 Å². The van der Waals surface area contributed by atoms with Crippen LogP contribution < -0.4 is 0 Å². The lowest BCUT2D eigenvalue weighted by atomic mass is 9.98. The van der Waals surface area contributed by atoms with Gasteiger partial charge in [-0.05, 0) is 64.2 Å². The van der Waals surface area contributed by atoms with Crippen LogP contribution in [0.3, 0.4) is 0 Å². The molecule has 0 spiro atoms. The number of allylic oxidation sites excluding steroid dienone is 4. The largest absolute Gasteiger partial charge is 0.462 e. The number of ether oxygens (including phenoxy) is 6. The first kappa shape index (κ1) is 60.1.